The van der Waals surface area contributed by atoms with Crippen LogP contribution in [0.5, 0.6) is 5.75 Å². The highest BCUT2D eigenvalue weighted by molar-refractivity contribution is 6.02. The smallest absolute Gasteiger partial charge is 0.263 e. The van der Waals surface area contributed by atoms with E-state index in [1.54, 1.807) is 18.2 Å². The minimum Gasteiger partial charge on any atom is -0.508 e. The van der Waals surface area contributed by atoms with Crippen molar-refractivity contribution in [3.63, 3.8) is 0 Å². The third-order valence-corrected chi connectivity index (χ3v) is 2.25. The van der Waals surface area contributed by atoms with E-state index in [9.17, 15) is 9.90 Å². The highest BCUT2D eigenvalue weighted by atomic mass is 16.3. The number of carbonyl (C=O) groups is 1. The number of phenolic OH excluding ortho intramolecular Hbond substituents is 1. The first kappa shape index (κ1) is 14.3. The van der Waals surface area contributed by atoms with Crippen LogP contribution in [0.1, 0.15) is 19.4 Å². The van der Waals surface area contributed by atoms with E-state index in [0.29, 0.717) is 5.56 Å². The molecular formula is C14H13N3O2. The van der Waals surface area contributed by atoms with Crippen molar-refractivity contribution in [3.05, 3.63) is 35.4 Å². The maximum atomic E-state index is 11.8. The van der Waals surface area contributed by atoms with Crippen molar-refractivity contribution in [3.8, 4) is 17.9 Å². The summed E-state index contributed by atoms with van der Waals surface area (Å²) < 4.78 is 0. The largest absolute Gasteiger partial charge is 0.508 e. The lowest BCUT2D eigenvalue weighted by Gasteiger charge is -2.16. The lowest BCUT2D eigenvalue weighted by molar-refractivity contribution is -0.118. The third kappa shape index (κ3) is 4.18. The minimum atomic E-state index is -1.05. The Morgan fingerprint density at radius 3 is 2.63 bits per heavy atom. The Balaban J connectivity index is 3.00. The predicted molar refractivity (Wildman–Crippen MR) is 69.5 cm³/mol. The van der Waals surface area contributed by atoms with E-state index in [1.165, 1.54) is 32.1 Å². The molecule has 0 saturated carbocycles. The molecule has 0 fully saturated rings. The SMILES string of the molecule is CC(C)(C#N)NC(=O)/C(C#N)=C/c1cccc(O)c1. The Morgan fingerprint density at radius 1 is 1.42 bits per heavy atom. The zero-order chi connectivity index (χ0) is 14.5. The number of nitrogens with zero attached hydrogens (tertiary/aromatic N) is 2. The van der Waals surface area contributed by atoms with Crippen molar-refractivity contribution < 1.29 is 9.90 Å². The molecule has 0 aromatic heterocycles. The Bertz CT molecular complexity index is 604. The van der Waals surface area contributed by atoms with Gasteiger partial charge >= 0.3 is 0 Å². The van der Waals surface area contributed by atoms with E-state index >= 15 is 0 Å². The molecule has 5 nitrogen and oxygen atoms in total. The number of nitrogens with one attached hydrogen (secondary N) is 1. The quantitative estimate of drug-likeness (QED) is 0.634. The van der Waals surface area contributed by atoms with E-state index in [0.717, 1.165) is 0 Å². The topological polar surface area (TPSA) is 96.9 Å². The molecule has 0 unspecified atom stereocenters. The second kappa shape index (κ2) is 5.70. The van der Waals surface area contributed by atoms with E-state index in [1.807, 2.05) is 6.07 Å². The van der Waals surface area contributed by atoms with Gasteiger partial charge in [0.15, 0.2) is 0 Å². The van der Waals surface area contributed by atoms with Crippen LogP contribution in [0.4, 0.5) is 0 Å². The van der Waals surface area contributed by atoms with E-state index in [4.69, 9.17) is 10.5 Å². The average molecular weight is 255 g/mol. The highest BCUT2D eigenvalue weighted by Crippen LogP contribution is 2.14. The number of nitriles is 2. The van der Waals surface area contributed by atoms with Crippen LogP contribution >= 0.6 is 0 Å². The first-order valence-corrected chi connectivity index (χ1v) is 5.52. The molecule has 0 aliphatic heterocycles. The minimum absolute atomic E-state index is 0.0452. The van der Waals surface area contributed by atoms with E-state index in [-0.39, 0.29) is 11.3 Å². The van der Waals surface area contributed by atoms with Crippen LogP contribution in [0.2, 0.25) is 0 Å². The summed E-state index contributed by atoms with van der Waals surface area (Å²) >= 11 is 0. The molecule has 1 aromatic rings. The summed E-state index contributed by atoms with van der Waals surface area (Å²) in [5, 5.41) is 29.5. The monoisotopic (exact) mass is 255 g/mol. The molecule has 0 spiro atoms. The highest BCUT2D eigenvalue weighted by Gasteiger charge is 2.21. The van der Waals surface area contributed by atoms with Crippen LogP contribution in [-0.2, 0) is 4.79 Å². The van der Waals surface area contributed by atoms with Crippen molar-refractivity contribution in [2.75, 3.05) is 0 Å². The molecule has 1 rings (SSSR count). The Hall–Kier alpha value is -2.79. The van der Waals surface area contributed by atoms with Crippen molar-refractivity contribution in [2.24, 2.45) is 0 Å². The van der Waals surface area contributed by atoms with Crippen molar-refractivity contribution >= 4 is 12.0 Å². The standard InChI is InChI=1S/C14H13N3O2/c1-14(2,9-16)17-13(19)11(8-15)6-10-4-3-5-12(18)7-10/h3-7,18H,1-2H3,(H,17,19)/b11-6+. The van der Waals surface area contributed by atoms with Crippen LogP contribution < -0.4 is 5.32 Å². The maximum Gasteiger partial charge on any atom is 0.263 e. The van der Waals surface area contributed by atoms with Crippen LogP contribution in [0.15, 0.2) is 29.8 Å². The molecule has 0 aliphatic carbocycles. The number of rotatable bonds is 3. The van der Waals surface area contributed by atoms with Gasteiger partial charge in [0.25, 0.3) is 5.91 Å². The van der Waals surface area contributed by atoms with E-state index < -0.39 is 11.4 Å². The zero-order valence-electron chi connectivity index (χ0n) is 10.6. The van der Waals surface area contributed by atoms with Gasteiger partial charge in [-0.1, -0.05) is 12.1 Å². The average Bonchev–Trinajstić information content (AvgIpc) is 2.35. The molecule has 0 radical (unpaired) electrons. The Morgan fingerprint density at radius 2 is 2.11 bits per heavy atom. The second-order valence-electron chi connectivity index (χ2n) is 4.46. The molecule has 2 N–H and O–H groups in total. The first-order valence-electron chi connectivity index (χ1n) is 5.52. The number of carbonyl (C=O) groups excluding carboxylic acids is 1. The number of hydrogen-bond acceptors (Lipinski definition) is 4. The fourth-order valence-electron chi connectivity index (χ4n) is 1.31. The van der Waals surface area contributed by atoms with Gasteiger partial charge in [0.1, 0.15) is 22.9 Å². The third-order valence-electron chi connectivity index (χ3n) is 2.25. The molecular weight excluding hydrogens is 242 g/mol. The lowest BCUT2D eigenvalue weighted by atomic mass is 10.1. The summed E-state index contributed by atoms with van der Waals surface area (Å²) in [7, 11) is 0. The number of amides is 1. The van der Waals surface area contributed by atoms with Crippen LogP contribution in [0, 0.1) is 22.7 Å². The Kier molecular flexibility index (Phi) is 4.28. The van der Waals surface area contributed by atoms with Gasteiger partial charge in [-0.3, -0.25) is 4.79 Å². The van der Waals surface area contributed by atoms with Gasteiger partial charge in [0, 0.05) is 0 Å². The van der Waals surface area contributed by atoms with Gasteiger partial charge in [0.2, 0.25) is 0 Å². The molecule has 0 bridgehead atoms. The number of hydrogen-bond donors (Lipinski definition) is 2. The van der Waals surface area contributed by atoms with Crippen molar-refractivity contribution in [1.82, 2.24) is 5.32 Å². The molecule has 0 atom stereocenters. The molecule has 1 amide bonds. The first-order chi connectivity index (χ1) is 8.88. The van der Waals surface area contributed by atoms with Gasteiger partial charge < -0.3 is 10.4 Å². The summed E-state index contributed by atoms with van der Waals surface area (Å²) in [4.78, 5) is 11.8. The second-order valence-corrected chi connectivity index (χ2v) is 4.46. The number of phenols is 1. The normalized spacial score (nSPS) is 11.3. The fourth-order valence-corrected chi connectivity index (χ4v) is 1.31. The molecule has 1 aromatic carbocycles. The molecule has 0 heterocycles. The molecule has 0 aliphatic rings. The van der Waals surface area contributed by atoms with Crippen LogP contribution in [-0.4, -0.2) is 16.6 Å². The van der Waals surface area contributed by atoms with Gasteiger partial charge in [0.05, 0.1) is 6.07 Å². The number of aromatic hydroxyl groups is 1. The van der Waals surface area contributed by atoms with Gasteiger partial charge in [-0.15, -0.1) is 0 Å². The molecule has 19 heavy (non-hydrogen) atoms. The van der Waals surface area contributed by atoms with Crippen LogP contribution in [0.25, 0.3) is 6.08 Å². The summed E-state index contributed by atoms with van der Waals surface area (Å²) in [5.41, 5.74) is -0.651. The summed E-state index contributed by atoms with van der Waals surface area (Å²) in [6.45, 7) is 3.07. The maximum absolute atomic E-state index is 11.8. The van der Waals surface area contributed by atoms with Crippen LogP contribution in [0.3, 0.4) is 0 Å². The van der Waals surface area contributed by atoms with Crippen molar-refractivity contribution in [2.45, 2.75) is 19.4 Å². The lowest BCUT2D eigenvalue weighted by Crippen LogP contribution is -2.42. The van der Waals surface area contributed by atoms with Gasteiger partial charge in [-0.2, -0.15) is 10.5 Å². The fraction of sp³-hybridized carbons (Fsp3) is 0.214. The predicted octanol–water partition coefficient (Wildman–Crippen LogP) is 1.72. The summed E-state index contributed by atoms with van der Waals surface area (Å²) in [5.74, 6) is -0.582. The number of benzene rings is 1. The van der Waals surface area contributed by atoms with Gasteiger partial charge in [-0.25, -0.2) is 0 Å². The van der Waals surface area contributed by atoms with Gasteiger partial charge in [-0.05, 0) is 37.6 Å². The Labute approximate surface area is 111 Å². The molecule has 5 heteroatoms. The molecule has 0 saturated heterocycles. The van der Waals surface area contributed by atoms with Crippen molar-refractivity contribution in [1.29, 1.82) is 10.5 Å². The zero-order valence-corrected chi connectivity index (χ0v) is 10.6. The summed E-state index contributed by atoms with van der Waals surface area (Å²) in [6, 6.07) is 9.87. The van der Waals surface area contributed by atoms with E-state index in [2.05, 4.69) is 5.32 Å². The summed E-state index contributed by atoms with van der Waals surface area (Å²) in [6.07, 6.45) is 1.35. The molecule has 96 valence electrons.